The van der Waals surface area contributed by atoms with Crippen LogP contribution >= 0.6 is 0 Å². The SMILES string of the molecule is NCC(=O)N1C[C@H]2CCC(F)(F)[C@H]2C1. The largest absolute Gasteiger partial charge is 0.341 e. The number of amides is 1. The number of hydrogen-bond acceptors (Lipinski definition) is 2. The summed E-state index contributed by atoms with van der Waals surface area (Å²) in [5.41, 5.74) is 5.19. The number of nitrogens with two attached hydrogens (primary N) is 1. The number of hydrogen-bond donors (Lipinski definition) is 1. The lowest BCUT2D eigenvalue weighted by molar-refractivity contribution is -0.129. The van der Waals surface area contributed by atoms with Crippen molar-refractivity contribution in [3.05, 3.63) is 0 Å². The molecule has 80 valence electrons. The Morgan fingerprint density at radius 1 is 1.50 bits per heavy atom. The van der Waals surface area contributed by atoms with Gasteiger partial charge in [-0.05, 0) is 12.3 Å². The van der Waals surface area contributed by atoms with Crippen LogP contribution in [0.25, 0.3) is 0 Å². The fourth-order valence-corrected chi connectivity index (χ4v) is 2.54. The van der Waals surface area contributed by atoms with Crippen molar-refractivity contribution in [3.8, 4) is 0 Å². The molecular weight excluding hydrogens is 190 g/mol. The molecule has 0 aromatic heterocycles. The minimum atomic E-state index is -2.58. The number of halogens is 2. The van der Waals surface area contributed by atoms with E-state index >= 15 is 0 Å². The van der Waals surface area contributed by atoms with Gasteiger partial charge in [-0.25, -0.2) is 8.78 Å². The van der Waals surface area contributed by atoms with E-state index in [0.29, 0.717) is 13.0 Å². The molecule has 1 amide bonds. The molecule has 0 bridgehead atoms. The van der Waals surface area contributed by atoms with Crippen LogP contribution in [0.15, 0.2) is 0 Å². The third-order valence-electron chi connectivity index (χ3n) is 3.36. The summed E-state index contributed by atoms with van der Waals surface area (Å²) in [6, 6.07) is 0. The quantitative estimate of drug-likeness (QED) is 0.674. The number of carbonyl (C=O) groups excluding carboxylic acids is 1. The first-order valence-electron chi connectivity index (χ1n) is 4.90. The van der Waals surface area contributed by atoms with Crippen molar-refractivity contribution in [2.45, 2.75) is 18.8 Å². The number of likely N-dealkylation sites (tertiary alicyclic amines) is 1. The maximum Gasteiger partial charge on any atom is 0.252 e. The van der Waals surface area contributed by atoms with Gasteiger partial charge in [0.2, 0.25) is 5.91 Å². The Hall–Kier alpha value is -0.710. The monoisotopic (exact) mass is 204 g/mol. The van der Waals surface area contributed by atoms with Crippen molar-refractivity contribution in [3.63, 3.8) is 0 Å². The predicted octanol–water partition coefficient (Wildman–Crippen LogP) is 0.449. The molecule has 0 aromatic carbocycles. The molecule has 5 heteroatoms. The molecule has 1 aliphatic heterocycles. The van der Waals surface area contributed by atoms with E-state index in [0.717, 1.165) is 0 Å². The fourth-order valence-electron chi connectivity index (χ4n) is 2.54. The molecule has 2 fully saturated rings. The summed E-state index contributed by atoms with van der Waals surface area (Å²) in [5, 5.41) is 0. The highest BCUT2D eigenvalue weighted by molar-refractivity contribution is 5.78. The second kappa shape index (κ2) is 3.15. The summed E-state index contributed by atoms with van der Waals surface area (Å²) in [5.74, 6) is -3.43. The Morgan fingerprint density at radius 3 is 2.79 bits per heavy atom. The lowest BCUT2D eigenvalue weighted by Crippen LogP contribution is -2.36. The van der Waals surface area contributed by atoms with Gasteiger partial charge in [0.1, 0.15) is 0 Å². The normalized spacial score (nSPS) is 34.6. The molecule has 14 heavy (non-hydrogen) atoms. The van der Waals surface area contributed by atoms with Crippen molar-refractivity contribution in [2.24, 2.45) is 17.6 Å². The first-order chi connectivity index (χ1) is 6.54. The molecule has 0 unspecified atom stereocenters. The molecule has 0 spiro atoms. The van der Waals surface area contributed by atoms with Crippen LogP contribution in [0.1, 0.15) is 12.8 Å². The van der Waals surface area contributed by atoms with Crippen molar-refractivity contribution in [1.29, 1.82) is 0 Å². The van der Waals surface area contributed by atoms with Gasteiger partial charge in [0.25, 0.3) is 5.92 Å². The zero-order valence-electron chi connectivity index (χ0n) is 7.88. The maximum absolute atomic E-state index is 13.3. The summed E-state index contributed by atoms with van der Waals surface area (Å²) in [6.45, 7) is 0.578. The van der Waals surface area contributed by atoms with Crippen LogP contribution in [0.2, 0.25) is 0 Å². The van der Waals surface area contributed by atoms with Crippen LogP contribution in [-0.2, 0) is 4.79 Å². The summed E-state index contributed by atoms with van der Waals surface area (Å²) in [7, 11) is 0. The molecule has 2 N–H and O–H groups in total. The first-order valence-corrected chi connectivity index (χ1v) is 4.90. The van der Waals surface area contributed by atoms with Gasteiger partial charge in [-0.1, -0.05) is 0 Å². The molecule has 0 radical (unpaired) electrons. The second-order valence-corrected chi connectivity index (χ2v) is 4.17. The van der Waals surface area contributed by atoms with Gasteiger partial charge >= 0.3 is 0 Å². The fraction of sp³-hybridized carbons (Fsp3) is 0.889. The number of carbonyl (C=O) groups is 1. The van der Waals surface area contributed by atoms with Crippen LogP contribution in [0.4, 0.5) is 8.78 Å². The molecule has 2 rings (SSSR count). The second-order valence-electron chi connectivity index (χ2n) is 4.17. The molecule has 2 aliphatic rings. The third kappa shape index (κ3) is 1.39. The highest BCUT2D eigenvalue weighted by Crippen LogP contribution is 2.48. The molecule has 1 saturated carbocycles. The molecule has 3 nitrogen and oxygen atoms in total. The Kier molecular flexibility index (Phi) is 2.21. The van der Waals surface area contributed by atoms with E-state index < -0.39 is 11.8 Å². The van der Waals surface area contributed by atoms with Gasteiger partial charge in [-0.3, -0.25) is 4.79 Å². The molecule has 1 aliphatic carbocycles. The molecule has 0 aromatic rings. The van der Waals surface area contributed by atoms with Crippen LogP contribution < -0.4 is 5.73 Å². The average molecular weight is 204 g/mol. The molecule has 2 atom stereocenters. The highest BCUT2D eigenvalue weighted by atomic mass is 19.3. The van der Waals surface area contributed by atoms with E-state index in [1.54, 1.807) is 0 Å². The van der Waals surface area contributed by atoms with Gasteiger partial charge in [-0.2, -0.15) is 0 Å². The number of alkyl halides is 2. The third-order valence-corrected chi connectivity index (χ3v) is 3.36. The smallest absolute Gasteiger partial charge is 0.252 e. The number of rotatable bonds is 1. The van der Waals surface area contributed by atoms with Crippen molar-refractivity contribution in [1.82, 2.24) is 4.90 Å². The Balaban J connectivity index is 2.05. The standard InChI is InChI=1S/C9H14F2N2O/c10-9(11)2-1-6-4-13(5-7(6)9)8(14)3-12/h6-7H,1-5,12H2/t6-,7+/m1/s1. The summed E-state index contributed by atoms with van der Waals surface area (Å²) < 4.78 is 26.5. The van der Waals surface area contributed by atoms with E-state index in [1.807, 2.05) is 0 Å². The summed E-state index contributed by atoms with van der Waals surface area (Å²) >= 11 is 0. The summed E-state index contributed by atoms with van der Waals surface area (Å²) in [4.78, 5) is 12.7. The van der Waals surface area contributed by atoms with E-state index in [-0.39, 0.29) is 31.3 Å². The van der Waals surface area contributed by atoms with Crippen LogP contribution in [0, 0.1) is 11.8 Å². The van der Waals surface area contributed by atoms with Gasteiger partial charge in [0.05, 0.1) is 6.54 Å². The lowest BCUT2D eigenvalue weighted by atomic mass is 9.99. The topological polar surface area (TPSA) is 46.3 Å². The van der Waals surface area contributed by atoms with E-state index in [9.17, 15) is 13.6 Å². The van der Waals surface area contributed by atoms with Crippen molar-refractivity contribution >= 4 is 5.91 Å². The Morgan fingerprint density at radius 2 is 2.21 bits per heavy atom. The molecular formula is C9H14F2N2O. The van der Waals surface area contributed by atoms with Gasteiger partial charge < -0.3 is 10.6 Å². The van der Waals surface area contributed by atoms with Crippen LogP contribution in [0.5, 0.6) is 0 Å². The molecule has 1 saturated heterocycles. The Bertz CT molecular complexity index is 257. The zero-order valence-corrected chi connectivity index (χ0v) is 7.88. The van der Waals surface area contributed by atoms with Crippen LogP contribution in [0.3, 0.4) is 0 Å². The van der Waals surface area contributed by atoms with Crippen molar-refractivity contribution < 1.29 is 13.6 Å². The first kappa shape index (κ1) is 9.83. The van der Waals surface area contributed by atoms with E-state index in [1.165, 1.54) is 4.90 Å². The van der Waals surface area contributed by atoms with E-state index in [4.69, 9.17) is 5.73 Å². The summed E-state index contributed by atoms with van der Waals surface area (Å²) in [6.07, 6.45) is 0.513. The van der Waals surface area contributed by atoms with Crippen molar-refractivity contribution in [2.75, 3.05) is 19.6 Å². The number of fused-ring (bicyclic) bond motifs is 1. The predicted molar refractivity (Wildman–Crippen MR) is 46.8 cm³/mol. The lowest BCUT2D eigenvalue weighted by Gasteiger charge is -2.19. The number of nitrogens with zero attached hydrogens (tertiary/aromatic N) is 1. The van der Waals surface area contributed by atoms with Gasteiger partial charge in [-0.15, -0.1) is 0 Å². The minimum Gasteiger partial charge on any atom is -0.341 e. The van der Waals surface area contributed by atoms with Crippen LogP contribution in [-0.4, -0.2) is 36.4 Å². The maximum atomic E-state index is 13.3. The van der Waals surface area contributed by atoms with Gasteiger partial charge in [0, 0.05) is 25.4 Å². The van der Waals surface area contributed by atoms with E-state index in [2.05, 4.69) is 0 Å². The zero-order chi connectivity index (χ0) is 10.3. The molecule has 1 heterocycles. The minimum absolute atomic E-state index is 0.0134. The highest BCUT2D eigenvalue weighted by Gasteiger charge is 2.54. The Labute approximate surface area is 81.2 Å². The average Bonchev–Trinajstić information content (AvgIpc) is 2.67. The van der Waals surface area contributed by atoms with Gasteiger partial charge in [0.15, 0.2) is 0 Å².